The Morgan fingerprint density at radius 1 is 1.29 bits per heavy atom. The van der Waals surface area contributed by atoms with Gasteiger partial charge in [-0.2, -0.15) is 0 Å². The molecule has 1 unspecified atom stereocenters. The molecule has 0 saturated carbocycles. The fourth-order valence-corrected chi connectivity index (χ4v) is 1.41. The summed E-state index contributed by atoms with van der Waals surface area (Å²) >= 11 is 0. The molecule has 0 aromatic carbocycles. The first kappa shape index (κ1) is 16.5. The van der Waals surface area contributed by atoms with Crippen molar-refractivity contribution in [2.24, 2.45) is 5.92 Å². The Hall–Kier alpha value is -0.510. The third-order valence-electron chi connectivity index (χ3n) is 2.62. The van der Waals surface area contributed by atoms with Crippen LogP contribution < -0.4 is 0 Å². The third-order valence-corrected chi connectivity index (χ3v) is 2.62. The molecule has 4 heteroatoms. The highest BCUT2D eigenvalue weighted by Crippen LogP contribution is 2.22. The molecule has 0 aromatic heterocycles. The van der Waals surface area contributed by atoms with Gasteiger partial charge in [-0.3, -0.25) is 4.79 Å². The van der Waals surface area contributed by atoms with Gasteiger partial charge in [0.25, 0.3) is 0 Å². The van der Waals surface area contributed by atoms with Crippen molar-refractivity contribution in [2.75, 3.05) is 6.61 Å². The largest absolute Gasteiger partial charge is 0.370 e. The summed E-state index contributed by atoms with van der Waals surface area (Å²) in [7, 11) is 0. The average molecular weight is 250 g/mol. The van der Waals surface area contributed by atoms with Gasteiger partial charge in [0.15, 0.2) is 5.78 Å². The van der Waals surface area contributed by atoms with Crippen LogP contribution in [0.15, 0.2) is 0 Å². The van der Waals surface area contributed by atoms with Crippen LogP contribution in [0.1, 0.15) is 53.4 Å². The molecule has 0 N–H and O–H groups in total. The van der Waals surface area contributed by atoms with Crippen molar-refractivity contribution in [1.82, 2.24) is 0 Å². The molecule has 2 nitrogen and oxygen atoms in total. The number of hydrogen-bond donors (Lipinski definition) is 0. The number of ether oxygens (including phenoxy) is 1. The number of alkyl halides is 2. The summed E-state index contributed by atoms with van der Waals surface area (Å²) < 4.78 is 30.9. The maximum Gasteiger partial charge on any atom is 0.245 e. The fourth-order valence-electron chi connectivity index (χ4n) is 1.41. The minimum Gasteiger partial charge on any atom is -0.370 e. The van der Waals surface area contributed by atoms with Crippen molar-refractivity contribution in [3.05, 3.63) is 0 Å². The van der Waals surface area contributed by atoms with Crippen LogP contribution in [0.4, 0.5) is 8.78 Å². The van der Waals surface area contributed by atoms with Crippen LogP contribution in [0.3, 0.4) is 0 Å². The van der Waals surface area contributed by atoms with Crippen LogP contribution in [0, 0.1) is 5.92 Å². The first-order valence-electron chi connectivity index (χ1n) is 6.28. The second-order valence-corrected chi connectivity index (χ2v) is 4.95. The summed E-state index contributed by atoms with van der Waals surface area (Å²) in [5.74, 6) is -2.70. The molecule has 0 aliphatic carbocycles. The van der Waals surface area contributed by atoms with Crippen molar-refractivity contribution < 1.29 is 18.3 Å². The maximum absolute atomic E-state index is 12.7. The van der Waals surface area contributed by atoms with Crippen LogP contribution in [0.2, 0.25) is 0 Å². The lowest BCUT2D eigenvalue weighted by Crippen LogP contribution is -2.23. The molecule has 1 atom stereocenters. The zero-order valence-electron chi connectivity index (χ0n) is 11.3. The van der Waals surface area contributed by atoms with E-state index in [4.69, 9.17) is 4.74 Å². The Bertz CT molecular complexity index is 222. The average Bonchev–Trinajstić information content (AvgIpc) is 2.20. The molecule has 0 spiro atoms. The monoisotopic (exact) mass is 250 g/mol. The number of carbonyl (C=O) groups is 1. The number of ketones is 1. The van der Waals surface area contributed by atoms with Crippen LogP contribution in [-0.2, 0) is 9.53 Å². The summed E-state index contributed by atoms with van der Waals surface area (Å²) in [6.45, 7) is 6.54. The van der Waals surface area contributed by atoms with E-state index in [1.54, 1.807) is 13.8 Å². The topological polar surface area (TPSA) is 26.3 Å². The van der Waals surface area contributed by atoms with E-state index >= 15 is 0 Å². The SMILES string of the molecule is CCCC(CCC(C)(F)F)OCC(=O)C(C)C. The quantitative estimate of drug-likeness (QED) is 0.621. The standard InChI is InChI=1S/C13H24F2O2/c1-5-6-11(7-8-13(4,14)15)17-9-12(16)10(2)3/h10-11H,5-9H2,1-4H3. The maximum atomic E-state index is 12.7. The molecule has 0 rings (SSSR count). The second-order valence-electron chi connectivity index (χ2n) is 4.95. The van der Waals surface area contributed by atoms with Gasteiger partial charge in [-0.15, -0.1) is 0 Å². The predicted octanol–water partition coefficient (Wildman–Crippen LogP) is 3.83. The summed E-state index contributed by atoms with van der Waals surface area (Å²) in [6.07, 6.45) is 1.49. The van der Waals surface area contributed by atoms with Gasteiger partial charge < -0.3 is 4.74 Å². The van der Waals surface area contributed by atoms with Crippen LogP contribution in [0.25, 0.3) is 0 Å². The molecule has 0 heterocycles. The van der Waals surface area contributed by atoms with Gasteiger partial charge in [-0.05, 0) is 19.8 Å². The van der Waals surface area contributed by atoms with Crippen LogP contribution >= 0.6 is 0 Å². The Balaban J connectivity index is 4.02. The molecule has 0 saturated heterocycles. The second kappa shape index (κ2) is 7.75. The smallest absolute Gasteiger partial charge is 0.245 e. The van der Waals surface area contributed by atoms with Crippen molar-refractivity contribution in [3.63, 3.8) is 0 Å². The van der Waals surface area contributed by atoms with E-state index in [-0.39, 0.29) is 30.8 Å². The van der Waals surface area contributed by atoms with E-state index in [1.165, 1.54) is 0 Å². The van der Waals surface area contributed by atoms with Gasteiger partial charge in [-0.25, -0.2) is 8.78 Å². The lowest BCUT2D eigenvalue weighted by Gasteiger charge is -2.19. The van der Waals surface area contributed by atoms with E-state index in [2.05, 4.69) is 0 Å². The van der Waals surface area contributed by atoms with Crippen molar-refractivity contribution in [1.29, 1.82) is 0 Å². The Kier molecular flexibility index (Phi) is 7.51. The molecular weight excluding hydrogens is 226 g/mol. The van der Waals surface area contributed by atoms with E-state index in [0.717, 1.165) is 19.8 Å². The van der Waals surface area contributed by atoms with Gasteiger partial charge in [0.1, 0.15) is 6.61 Å². The van der Waals surface area contributed by atoms with Crippen molar-refractivity contribution >= 4 is 5.78 Å². The van der Waals surface area contributed by atoms with Crippen molar-refractivity contribution in [3.8, 4) is 0 Å². The molecule has 0 radical (unpaired) electrons. The van der Waals surface area contributed by atoms with Crippen LogP contribution in [0.5, 0.6) is 0 Å². The highest BCUT2D eigenvalue weighted by Gasteiger charge is 2.23. The number of carbonyl (C=O) groups excluding carboxylic acids is 1. The Morgan fingerprint density at radius 3 is 2.29 bits per heavy atom. The van der Waals surface area contributed by atoms with Gasteiger partial charge in [0.05, 0.1) is 6.10 Å². The minimum atomic E-state index is -2.66. The molecule has 0 aliphatic heterocycles. The molecule has 102 valence electrons. The summed E-state index contributed by atoms with van der Waals surface area (Å²) in [5.41, 5.74) is 0. The number of hydrogen-bond acceptors (Lipinski definition) is 2. The van der Waals surface area contributed by atoms with Gasteiger partial charge in [0.2, 0.25) is 5.92 Å². The molecule has 0 aromatic rings. The van der Waals surface area contributed by atoms with Gasteiger partial charge in [-0.1, -0.05) is 27.2 Å². The zero-order chi connectivity index (χ0) is 13.5. The molecule has 0 bridgehead atoms. The Labute approximate surface area is 103 Å². The first-order chi connectivity index (χ1) is 7.76. The number of halogens is 2. The first-order valence-corrected chi connectivity index (χ1v) is 6.28. The summed E-state index contributed by atoms with van der Waals surface area (Å²) in [6, 6.07) is 0. The highest BCUT2D eigenvalue weighted by atomic mass is 19.3. The highest BCUT2D eigenvalue weighted by molar-refractivity contribution is 5.81. The molecule has 0 amide bonds. The molecule has 0 fully saturated rings. The van der Waals surface area contributed by atoms with Gasteiger partial charge >= 0.3 is 0 Å². The lowest BCUT2D eigenvalue weighted by molar-refractivity contribution is -0.129. The predicted molar refractivity (Wildman–Crippen MR) is 64.3 cm³/mol. The number of rotatable bonds is 9. The van der Waals surface area contributed by atoms with E-state index in [9.17, 15) is 13.6 Å². The Morgan fingerprint density at radius 2 is 1.88 bits per heavy atom. The summed E-state index contributed by atoms with van der Waals surface area (Å²) in [4.78, 5) is 11.4. The number of Topliss-reactive ketones (excluding diaryl/α,β-unsaturated/α-hetero) is 1. The zero-order valence-corrected chi connectivity index (χ0v) is 11.3. The normalized spacial score (nSPS) is 14.1. The third kappa shape index (κ3) is 9.22. The summed E-state index contributed by atoms with van der Waals surface area (Å²) in [5, 5.41) is 0. The van der Waals surface area contributed by atoms with E-state index in [1.807, 2.05) is 6.92 Å². The van der Waals surface area contributed by atoms with E-state index in [0.29, 0.717) is 6.42 Å². The molecule has 0 aliphatic rings. The lowest BCUT2D eigenvalue weighted by atomic mass is 10.1. The molecular formula is C13H24F2O2. The van der Waals surface area contributed by atoms with Crippen molar-refractivity contribution in [2.45, 2.75) is 65.4 Å². The fraction of sp³-hybridized carbons (Fsp3) is 0.923. The van der Waals surface area contributed by atoms with Gasteiger partial charge in [0, 0.05) is 12.3 Å². The minimum absolute atomic E-state index is 0.0226. The van der Waals surface area contributed by atoms with E-state index < -0.39 is 5.92 Å². The van der Waals surface area contributed by atoms with Crippen LogP contribution in [-0.4, -0.2) is 24.4 Å². The molecule has 17 heavy (non-hydrogen) atoms.